The van der Waals surface area contributed by atoms with Gasteiger partial charge in [0.05, 0.1) is 24.6 Å². The highest BCUT2D eigenvalue weighted by atomic mass is 16.5. The molecule has 0 fully saturated rings. The van der Waals surface area contributed by atoms with Crippen molar-refractivity contribution in [3.05, 3.63) is 59.3 Å². The van der Waals surface area contributed by atoms with Crippen LogP contribution < -0.4 is 0 Å². The van der Waals surface area contributed by atoms with E-state index in [0.717, 1.165) is 28.5 Å². The minimum atomic E-state index is -0.218. The van der Waals surface area contributed by atoms with Gasteiger partial charge in [-0.3, -0.25) is 9.98 Å². The summed E-state index contributed by atoms with van der Waals surface area (Å²) in [6.45, 7) is 8.31. The van der Waals surface area contributed by atoms with Gasteiger partial charge in [0.2, 0.25) is 0 Å². The number of rotatable bonds is 3. The second-order valence-corrected chi connectivity index (χ2v) is 6.46. The van der Waals surface area contributed by atoms with Crippen molar-refractivity contribution in [2.75, 3.05) is 7.11 Å². The molecule has 3 rings (SSSR count). The Kier molecular flexibility index (Phi) is 3.84. The van der Waals surface area contributed by atoms with Gasteiger partial charge < -0.3 is 9.15 Å². The Morgan fingerprint density at radius 2 is 2.09 bits per heavy atom. The maximum absolute atomic E-state index is 5.56. The molecular formula is C19H22N2O2. The molecule has 0 saturated heterocycles. The SMILES string of the molecule is COC1=CC(=NC(C)c2ccco2)C=C2C(C)=CC(C)(C)N=C12. The first-order valence-electron chi connectivity index (χ1n) is 7.78. The van der Waals surface area contributed by atoms with Gasteiger partial charge in [-0.25, -0.2) is 0 Å². The lowest BCUT2D eigenvalue weighted by molar-refractivity contribution is 0.314. The van der Waals surface area contributed by atoms with Crippen molar-refractivity contribution < 1.29 is 9.15 Å². The van der Waals surface area contributed by atoms with Gasteiger partial charge in [-0.1, -0.05) is 6.08 Å². The van der Waals surface area contributed by atoms with E-state index in [4.69, 9.17) is 19.1 Å². The van der Waals surface area contributed by atoms with E-state index in [2.05, 4.69) is 32.9 Å². The van der Waals surface area contributed by atoms with Gasteiger partial charge in [0.15, 0.2) is 0 Å². The lowest BCUT2D eigenvalue weighted by Gasteiger charge is -2.29. The molecule has 0 aromatic carbocycles. The zero-order chi connectivity index (χ0) is 16.6. The summed E-state index contributed by atoms with van der Waals surface area (Å²) in [5.74, 6) is 1.60. The summed E-state index contributed by atoms with van der Waals surface area (Å²) in [5.41, 5.74) is 3.83. The van der Waals surface area contributed by atoms with Crippen LogP contribution in [0.4, 0.5) is 0 Å². The third kappa shape index (κ3) is 3.07. The summed E-state index contributed by atoms with van der Waals surface area (Å²) in [4.78, 5) is 9.55. The number of allylic oxidation sites excluding steroid dienone is 4. The van der Waals surface area contributed by atoms with E-state index in [1.807, 2.05) is 25.1 Å². The van der Waals surface area contributed by atoms with Crippen LogP contribution in [0.1, 0.15) is 39.5 Å². The van der Waals surface area contributed by atoms with Crippen LogP contribution in [0.2, 0.25) is 0 Å². The number of nitrogens with zero attached hydrogens (tertiary/aromatic N) is 2. The van der Waals surface area contributed by atoms with E-state index >= 15 is 0 Å². The van der Waals surface area contributed by atoms with E-state index in [1.165, 1.54) is 5.57 Å². The maximum Gasteiger partial charge on any atom is 0.146 e. The molecule has 23 heavy (non-hydrogen) atoms. The van der Waals surface area contributed by atoms with Crippen LogP contribution >= 0.6 is 0 Å². The average molecular weight is 310 g/mol. The molecule has 1 aliphatic carbocycles. The average Bonchev–Trinajstić information content (AvgIpc) is 3.00. The number of methoxy groups -OCH3 is 1. The Labute approximate surface area is 137 Å². The minimum Gasteiger partial charge on any atom is -0.494 e. The standard InChI is InChI=1S/C19H22N2O2/c1-12-11-19(3,4)21-18-15(12)9-14(10-17(18)22-5)20-13(2)16-7-6-8-23-16/h6-11,13H,1-5H3. The molecule has 120 valence electrons. The second-order valence-electron chi connectivity index (χ2n) is 6.46. The lowest BCUT2D eigenvalue weighted by Crippen LogP contribution is -2.27. The monoisotopic (exact) mass is 310 g/mol. The molecule has 1 atom stereocenters. The summed E-state index contributed by atoms with van der Waals surface area (Å²) >= 11 is 0. The number of hydrogen-bond donors (Lipinski definition) is 0. The van der Waals surface area contributed by atoms with Crippen LogP contribution in [0.25, 0.3) is 0 Å². The molecule has 4 nitrogen and oxygen atoms in total. The minimum absolute atomic E-state index is 0.0472. The third-order valence-electron chi connectivity index (χ3n) is 3.97. The van der Waals surface area contributed by atoms with E-state index in [0.29, 0.717) is 0 Å². The molecule has 0 N–H and O–H groups in total. The predicted molar refractivity (Wildman–Crippen MR) is 93.0 cm³/mol. The first-order chi connectivity index (χ1) is 10.9. The number of furan rings is 1. The fourth-order valence-electron chi connectivity index (χ4n) is 2.98. The topological polar surface area (TPSA) is 47.1 Å². The summed E-state index contributed by atoms with van der Waals surface area (Å²) in [5, 5.41) is 0. The smallest absolute Gasteiger partial charge is 0.146 e. The Hall–Kier alpha value is -2.36. The molecule has 1 aromatic heterocycles. The van der Waals surface area contributed by atoms with E-state index in [1.54, 1.807) is 13.4 Å². The number of hydrogen-bond acceptors (Lipinski definition) is 4. The summed E-state index contributed by atoms with van der Waals surface area (Å²) in [6, 6.07) is 3.77. The molecule has 4 heteroatoms. The van der Waals surface area contributed by atoms with Crippen LogP contribution in [-0.2, 0) is 4.74 Å². The fourth-order valence-corrected chi connectivity index (χ4v) is 2.98. The normalized spacial score (nSPS) is 22.6. The van der Waals surface area contributed by atoms with Crippen molar-refractivity contribution in [2.45, 2.75) is 39.3 Å². The zero-order valence-corrected chi connectivity index (χ0v) is 14.3. The number of aliphatic imine (C=N–C) groups is 2. The van der Waals surface area contributed by atoms with Crippen molar-refractivity contribution in [3.8, 4) is 0 Å². The Morgan fingerprint density at radius 1 is 1.30 bits per heavy atom. The van der Waals surface area contributed by atoms with Crippen molar-refractivity contribution >= 4 is 11.4 Å². The lowest BCUT2D eigenvalue weighted by atomic mass is 9.87. The van der Waals surface area contributed by atoms with Gasteiger partial charge in [0.25, 0.3) is 0 Å². The molecular weight excluding hydrogens is 288 g/mol. The van der Waals surface area contributed by atoms with E-state index in [-0.39, 0.29) is 11.6 Å². The van der Waals surface area contributed by atoms with Crippen LogP contribution in [0.3, 0.4) is 0 Å². The number of fused-ring (bicyclic) bond motifs is 1. The van der Waals surface area contributed by atoms with Crippen molar-refractivity contribution in [1.29, 1.82) is 0 Å². The van der Waals surface area contributed by atoms with Crippen molar-refractivity contribution in [3.63, 3.8) is 0 Å². The second kappa shape index (κ2) is 5.69. The van der Waals surface area contributed by atoms with Crippen molar-refractivity contribution in [2.24, 2.45) is 9.98 Å². The van der Waals surface area contributed by atoms with Crippen LogP contribution in [0.5, 0.6) is 0 Å². The predicted octanol–water partition coefficient (Wildman–Crippen LogP) is 4.43. The quantitative estimate of drug-likeness (QED) is 0.775. The molecule has 0 saturated carbocycles. The van der Waals surface area contributed by atoms with Crippen LogP contribution in [0, 0.1) is 0 Å². The van der Waals surface area contributed by atoms with Gasteiger partial charge in [-0.2, -0.15) is 0 Å². The fraction of sp³-hybridized carbons (Fsp3) is 0.368. The number of ether oxygens (including phenoxy) is 1. The van der Waals surface area contributed by atoms with Gasteiger partial charge >= 0.3 is 0 Å². The summed E-state index contributed by atoms with van der Waals surface area (Å²) in [7, 11) is 1.67. The van der Waals surface area contributed by atoms with Gasteiger partial charge in [-0.05, 0) is 51.5 Å². The molecule has 2 heterocycles. The van der Waals surface area contributed by atoms with E-state index in [9.17, 15) is 0 Å². The van der Waals surface area contributed by atoms with Gasteiger partial charge in [0, 0.05) is 11.6 Å². The summed E-state index contributed by atoms with van der Waals surface area (Å²) < 4.78 is 11.0. The molecule has 0 radical (unpaired) electrons. The third-order valence-corrected chi connectivity index (χ3v) is 3.97. The highest BCUT2D eigenvalue weighted by Crippen LogP contribution is 2.32. The molecule has 1 aromatic rings. The molecule has 0 amide bonds. The zero-order valence-electron chi connectivity index (χ0n) is 14.3. The largest absolute Gasteiger partial charge is 0.494 e. The van der Waals surface area contributed by atoms with Crippen LogP contribution in [-0.4, -0.2) is 24.1 Å². The van der Waals surface area contributed by atoms with Crippen LogP contribution in [0.15, 0.2) is 67.9 Å². The number of dihydropyridines is 1. The Morgan fingerprint density at radius 3 is 2.74 bits per heavy atom. The Balaban J connectivity index is 2.01. The van der Waals surface area contributed by atoms with E-state index < -0.39 is 0 Å². The highest BCUT2D eigenvalue weighted by molar-refractivity contribution is 6.25. The maximum atomic E-state index is 5.56. The van der Waals surface area contributed by atoms with Crippen molar-refractivity contribution in [1.82, 2.24) is 0 Å². The Bertz CT molecular complexity index is 759. The van der Waals surface area contributed by atoms with Gasteiger partial charge in [-0.15, -0.1) is 0 Å². The molecule has 2 aliphatic rings. The molecule has 0 spiro atoms. The molecule has 1 aliphatic heterocycles. The summed E-state index contributed by atoms with van der Waals surface area (Å²) in [6.07, 6.45) is 7.86. The van der Waals surface area contributed by atoms with Gasteiger partial charge in [0.1, 0.15) is 23.3 Å². The highest BCUT2D eigenvalue weighted by Gasteiger charge is 2.29. The molecule has 0 bridgehead atoms. The first-order valence-corrected chi connectivity index (χ1v) is 7.78. The molecule has 1 unspecified atom stereocenters. The first kappa shape index (κ1) is 15.5.